The molecule has 10 nitrogen and oxygen atoms in total. The largest absolute Gasteiger partial charge is 0.491 e. The van der Waals surface area contributed by atoms with Crippen LogP contribution in [0.5, 0.6) is 17.2 Å². The van der Waals surface area contributed by atoms with Crippen molar-refractivity contribution >= 4 is 27.5 Å². The lowest BCUT2D eigenvalue weighted by atomic mass is 10.2. The van der Waals surface area contributed by atoms with Gasteiger partial charge in [0.25, 0.3) is 11.8 Å². The second-order valence-electron chi connectivity index (χ2n) is 6.91. The van der Waals surface area contributed by atoms with Gasteiger partial charge in [0.05, 0.1) is 6.10 Å². The zero-order valence-electron chi connectivity index (χ0n) is 17.0. The molecule has 0 saturated heterocycles. The third-order valence-electron chi connectivity index (χ3n) is 3.94. The summed E-state index contributed by atoms with van der Waals surface area (Å²) < 4.78 is 43.0. The Morgan fingerprint density at radius 3 is 2.35 bits per heavy atom. The van der Waals surface area contributed by atoms with Crippen LogP contribution in [0.15, 0.2) is 42.5 Å². The number of carbonyl (C=O) groups excluding carboxylic acids is 2. The minimum atomic E-state index is -3.99. The van der Waals surface area contributed by atoms with E-state index in [1.807, 2.05) is 13.8 Å². The van der Waals surface area contributed by atoms with E-state index in [0.717, 1.165) is 0 Å². The fourth-order valence-electron chi connectivity index (χ4n) is 2.68. The van der Waals surface area contributed by atoms with E-state index in [9.17, 15) is 18.0 Å². The standard InChI is InChI=1S/C20H23N3O7S/c1-13(2)30-16-6-4-15(5-7-16)23-31(26,27)12-19(24)21-22-20(25)14-3-8-17-18(11-14)29-10-9-28-17/h3-8,11,13,23H,9-10,12H2,1-2H3,(H,21,24)(H,22,25). The molecule has 1 aliphatic heterocycles. The molecule has 0 unspecified atom stereocenters. The quantitative estimate of drug-likeness (QED) is 0.545. The van der Waals surface area contributed by atoms with Crippen molar-refractivity contribution < 1.29 is 32.2 Å². The molecule has 31 heavy (non-hydrogen) atoms. The third-order valence-corrected chi connectivity index (χ3v) is 5.13. The van der Waals surface area contributed by atoms with Gasteiger partial charge in [-0.2, -0.15) is 0 Å². The Morgan fingerprint density at radius 2 is 1.68 bits per heavy atom. The number of fused-ring (bicyclic) bond motifs is 1. The minimum absolute atomic E-state index is 0.0105. The number of hydrazine groups is 1. The highest BCUT2D eigenvalue weighted by Gasteiger charge is 2.19. The first-order valence-corrected chi connectivity index (χ1v) is 11.1. The van der Waals surface area contributed by atoms with Gasteiger partial charge in [0.1, 0.15) is 24.7 Å². The Labute approximate surface area is 179 Å². The van der Waals surface area contributed by atoms with Crippen molar-refractivity contribution in [2.45, 2.75) is 20.0 Å². The summed E-state index contributed by atoms with van der Waals surface area (Å²) in [5.74, 6) is -0.875. The van der Waals surface area contributed by atoms with E-state index in [1.165, 1.54) is 24.3 Å². The summed E-state index contributed by atoms with van der Waals surface area (Å²) in [6.45, 7) is 4.55. The predicted octanol–water partition coefficient (Wildman–Crippen LogP) is 1.45. The lowest BCUT2D eigenvalue weighted by Gasteiger charge is -2.18. The molecule has 0 aromatic heterocycles. The van der Waals surface area contributed by atoms with Crippen LogP contribution in [-0.2, 0) is 14.8 Å². The molecule has 0 saturated carbocycles. The van der Waals surface area contributed by atoms with Crippen molar-refractivity contribution in [1.82, 2.24) is 10.9 Å². The van der Waals surface area contributed by atoms with Crippen LogP contribution in [0.2, 0.25) is 0 Å². The normalized spacial score (nSPS) is 12.7. The van der Waals surface area contributed by atoms with E-state index in [0.29, 0.717) is 30.5 Å². The Balaban J connectivity index is 1.50. The summed E-state index contributed by atoms with van der Waals surface area (Å²) in [4.78, 5) is 24.2. The van der Waals surface area contributed by atoms with Gasteiger partial charge in [0.15, 0.2) is 11.5 Å². The van der Waals surface area contributed by atoms with Crippen molar-refractivity contribution in [3.8, 4) is 17.2 Å². The van der Waals surface area contributed by atoms with Gasteiger partial charge in [0.2, 0.25) is 10.0 Å². The van der Waals surface area contributed by atoms with Gasteiger partial charge in [0, 0.05) is 11.3 Å². The van der Waals surface area contributed by atoms with Crippen LogP contribution in [-0.4, -0.2) is 45.3 Å². The van der Waals surface area contributed by atoms with Crippen LogP contribution < -0.4 is 29.8 Å². The SMILES string of the molecule is CC(C)Oc1ccc(NS(=O)(=O)CC(=O)NNC(=O)c2ccc3c(c2)OCCO3)cc1. The number of hydrogen-bond acceptors (Lipinski definition) is 7. The molecule has 0 radical (unpaired) electrons. The van der Waals surface area contributed by atoms with Gasteiger partial charge in [-0.15, -0.1) is 0 Å². The molecular weight excluding hydrogens is 426 g/mol. The third kappa shape index (κ3) is 6.51. The molecule has 3 N–H and O–H groups in total. The van der Waals surface area contributed by atoms with E-state index in [2.05, 4.69) is 15.6 Å². The number of anilines is 1. The summed E-state index contributed by atoms with van der Waals surface area (Å²) in [5.41, 5.74) is 4.76. The number of sulfonamides is 1. The maximum atomic E-state index is 12.2. The zero-order valence-corrected chi connectivity index (χ0v) is 17.8. The number of benzene rings is 2. The predicted molar refractivity (Wildman–Crippen MR) is 113 cm³/mol. The Kier molecular flexibility index (Phi) is 6.85. The summed E-state index contributed by atoms with van der Waals surface area (Å²) in [6.07, 6.45) is -0.0105. The van der Waals surface area contributed by atoms with Crippen molar-refractivity contribution in [3.63, 3.8) is 0 Å². The highest BCUT2D eigenvalue weighted by Crippen LogP contribution is 2.30. The van der Waals surface area contributed by atoms with Gasteiger partial charge in [-0.25, -0.2) is 8.42 Å². The number of nitrogens with one attached hydrogen (secondary N) is 3. The maximum absolute atomic E-state index is 12.2. The zero-order chi connectivity index (χ0) is 22.4. The van der Waals surface area contributed by atoms with Crippen molar-refractivity contribution in [2.75, 3.05) is 23.7 Å². The van der Waals surface area contributed by atoms with E-state index >= 15 is 0 Å². The first kappa shape index (κ1) is 22.2. The molecule has 1 aliphatic rings. The number of carbonyl (C=O) groups is 2. The Morgan fingerprint density at radius 1 is 1.00 bits per heavy atom. The van der Waals surface area contributed by atoms with Gasteiger partial charge in [-0.3, -0.25) is 25.2 Å². The van der Waals surface area contributed by atoms with E-state index in [4.69, 9.17) is 14.2 Å². The van der Waals surface area contributed by atoms with Crippen LogP contribution in [0, 0.1) is 0 Å². The lowest BCUT2D eigenvalue weighted by Crippen LogP contribution is -2.44. The van der Waals surface area contributed by atoms with Gasteiger partial charge < -0.3 is 14.2 Å². The molecule has 3 rings (SSSR count). The van der Waals surface area contributed by atoms with E-state index in [1.54, 1.807) is 18.2 Å². The Hall–Kier alpha value is -3.47. The van der Waals surface area contributed by atoms with Crippen molar-refractivity contribution in [3.05, 3.63) is 48.0 Å². The van der Waals surface area contributed by atoms with Crippen LogP contribution in [0.1, 0.15) is 24.2 Å². The topological polar surface area (TPSA) is 132 Å². The molecular formula is C20H23N3O7S. The average molecular weight is 449 g/mol. The molecule has 0 spiro atoms. The first-order valence-electron chi connectivity index (χ1n) is 9.48. The van der Waals surface area contributed by atoms with Gasteiger partial charge >= 0.3 is 0 Å². The molecule has 0 atom stereocenters. The van der Waals surface area contributed by atoms with Gasteiger partial charge in [-0.1, -0.05) is 0 Å². The van der Waals surface area contributed by atoms with Crippen molar-refractivity contribution in [2.24, 2.45) is 0 Å². The first-order chi connectivity index (χ1) is 14.7. The summed E-state index contributed by atoms with van der Waals surface area (Å²) >= 11 is 0. The van der Waals surface area contributed by atoms with Crippen LogP contribution in [0.25, 0.3) is 0 Å². The second kappa shape index (κ2) is 9.56. The highest BCUT2D eigenvalue weighted by molar-refractivity contribution is 7.93. The average Bonchev–Trinajstić information content (AvgIpc) is 2.72. The highest BCUT2D eigenvalue weighted by atomic mass is 32.2. The van der Waals surface area contributed by atoms with Crippen LogP contribution in [0.3, 0.4) is 0 Å². The number of ether oxygens (including phenoxy) is 3. The molecule has 0 fully saturated rings. The number of hydrogen-bond donors (Lipinski definition) is 3. The molecule has 2 amide bonds. The molecule has 166 valence electrons. The smallest absolute Gasteiger partial charge is 0.269 e. The fraction of sp³-hybridized carbons (Fsp3) is 0.300. The summed E-state index contributed by atoms with van der Waals surface area (Å²) in [6, 6.07) is 10.8. The van der Waals surface area contributed by atoms with E-state index < -0.39 is 27.6 Å². The molecule has 0 bridgehead atoms. The second-order valence-corrected chi connectivity index (χ2v) is 8.64. The Bertz CT molecular complexity index is 1050. The summed E-state index contributed by atoms with van der Waals surface area (Å²) in [5, 5.41) is 0. The maximum Gasteiger partial charge on any atom is 0.269 e. The monoisotopic (exact) mass is 449 g/mol. The fourth-order valence-corrected chi connectivity index (χ4v) is 3.67. The van der Waals surface area contributed by atoms with Gasteiger partial charge in [-0.05, 0) is 56.3 Å². The molecule has 2 aromatic carbocycles. The molecule has 1 heterocycles. The molecule has 11 heteroatoms. The summed E-state index contributed by atoms with van der Waals surface area (Å²) in [7, 11) is -3.99. The number of amides is 2. The number of rotatable bonds is 7. The molecule has 0 aliphatic carbocycles. The van der Waals surface area contributed by atoms with Crippen LogP contribution >= 0.6 is 0 Å². The van der Waals surface area contributed by atoms with Crippen LogP contribution in [0.4, 0.5) is 5.69 Å². The molecule has 2 aromatic rings. The van der Waals surface area contributed by atoms with Crippen molar-refractivity contribution in [1.29, 1.82) is 0 Å². The minimum Gasteiger partial charge on any atom is -0.491 e. The lowest BCUT2D eigenvalue weighted by molar-refractivity contribution is -0.119. The van der Waals surface area contributed by atoms with E-state index in [-0.39, 0.29) is 17.4 Å².